The third-order valence-electron chi connectivity index (χ3n) is 3.04. The molecule has 3 aromatic rings. The largest absolute Gasteiger partial charge is 0.373 e. The molecule has 0 radical (unpaired) electrons. The Labute approximate surface area is 124 Å². The van der Waals surface area contributed by atoms with Gasteiger partial charge in [-0.1, -0.05) is 0 Å². The smallest absolute Gasteiger partial charge is 0.311 e. The second kappa shape index (κ2) is 5.37. The van der Waals surface area contributed by atoms with Crippen LogP contribution in [0.3, 0.4) is 0 Å². The van der Waals surface area contributed by atoms with Gasteiger partial charge in [-0.15, -0.1) is 11.3 Å². The SMILES string of the molecule is CNc1ccc([N+](=O)[O-])c(Nc2ccc3sccc3c2)n1. The first-order valence-corrected chi connectivity index (χ1v) is 7.13. The van der Waals surface area contributed by atoms with Crippen LogP contribution < -0.4 is 10.6 Å². The molecule has 3 rings (SSSR count). The number of rotatable bonds is 4. The Morgan fingerprint density at radius 2 is 2.10 bits per heavy atom. The van der Waals surface area contributed by atoms with Crippen molar-refractivity contribution in [3.63, 3.8) is 0 Å². The van der Waals surface area contributed by atoms with E-state index < -0.39 is 4.92 Å². The lowest BCUT2D eigenvalue weighted by Gasteiger charge is -2.08. The summed E-state index contributed by atoms with van der Waals surface area (Å²) in [6.07, 6.45) is 0. The number of pyridine rings is 1. The number of nitro groups is 1. The van der Waals surface area contributed by atoms with Crippen LogP contribution >= 0.6 is 11.3 Å². The predicted molar refractivity (Wildman–Crippen MR) is 85.5 cm³/mol. The van der Waals surface area contributed by atoms with Crippen LogP contribution in [-0.4, -0.2) is 17.0 Å². The molecule has 0 bridgehead atoms. The Morgan fingerprint density at radius 1 is 1.24 bits per heavy atom. The highest BCUT2D eigenvalue weighted by Crippen LogP contribution is 2.29. The molecule has 0 saturated heterocycles. The van der Waals surface area contributed by atoms with Gasteiger partial charge in [0, 0.05) is 23.5 Å². The lowest BCUT2D eigenvalue weighted by molar-refractivity contribution is -0.384. The number of hydrogen-bond donors (Lipinski definition) is 2. The van der Waals surface area contributed by atoms with Crippen molar-refractivity contribution in [2.45, 2.75) is 0 Å². The van der Waals surface area contributed by atoms with E-state index in [-0.39, 0.29) is 11.5 Å². The topological polar surface area (TPSA) is 80.1 Å². The number of nitrogens with one attached hydrogen (secondary N) is 2. The standard InChI is InChI=1S/C14H12N4O2S/c1-15-13-5-3-11(18(19)20)14(17-13)16-10-2-4-12-9(8-10)6-7-21-12/h2-8H,1H3,(H2,15,16,17). The van der Waals surface area contributed by atoms with Gasteiger partial charge in [0.2, 0.25) is 5.82 Å². The zero-order valence-electron chi connectivity index (χ0n) is 11.2. The number of fused-ring (bicyclic) bond motifs is 1. The van der Waals surface area contributed by atoms with E-state index in [1.54, 1.807) is 24.5 Å². The van der Waals surface area contributed by atoms with E-state index in [0.29, 0.717) is 5.82 Å². The molecule has 2 heterocycles. The number of hydrogen-bond acceptors (Lipinski definition) is 6. The number of benzene rings is 1. The zero-order valence-corrected chi connectivity index (χ0v) is 12.0. The molecule has 21 heavy (non-hydrogen) atoms. The van der Waals surface area contributed by atoms with Crippen molar-refractivity contribution >= 4 is 44.4 Å². The van der Waals surface area contributed by atoms with E-state index in [4.69, 9.17) is 0 Å². The molecule has 0 unspecified atom stereocenters. The Hall–Kier alpha value is -2.67. The van der Waals surface area contributed by atoms with Crippen molar-refractivity contribution in [2.24, 2.45) is 0 Å². The molecule has 1 aromatic carbocycles. The van der Waals surface area contributed by atoms with Crippen molar-refractivity contribution in [1.82, 2.24) is 4.98 Å². The van der Waals surface area contributed by atoms with Gasteiger partial charge in [-0.3, -0.25) is 10.1 Å². The van der Waals surface area contributed by atoms with E-state index in [2.05, 4.69) is 15.6 Å². The summed E-state index contributed by atoms with van der Waals surface area (Å²) in [4.78, 5) is 14.9. The van der Waals surface area contributed by atoms with Gasteiger partial charge in [-0.2, -0.15) is 0 Å². The predicted octanol–water partition coefficient (Wildman–Crippen LogP) is 3.99. The highest BCUT2D eigenvalue weighted by atomic mass is 32.1. The van der Waals surface area contributed by atoms with Crippen molar-refractivity contribution in [1.29, 1.82) is 0 Å². The van der Waals surface area contributed by atoms with Crippen LogP contribution in [0.4, 0.5) is 23.0 Å². The maximum absolute atomic E-state index is 11.1. The Bertz CT molecular complexity index is 816. The molecule has 0 saturated carbocycles. The molecule has 0 fully saturated rings. The molecule has 0 spiro atoms. The van der Waals surface area contributed by atoms with Crippen molar-refractivity contribution in [2.75, 3.05) is 17.7 Å². The summed E-state index contributed by atoms with van der Waals surface area (Å²) in [6.45, 7) is 0. The molecule has 6 nitrogen and oxygen atoms in total. The third-order valence-corrected chi connectivity index (χ3v) is 3.94. The van der Waals surface area contributed by atoms with Gasteiger partial charge < -0.3 is 10.6 Å². The monoisotopic (exact) mass is 300 g/mol. The van der Waals surface area contributed by atoms with Gasteiger partial charge in [0.05, 0.1) is 4.92 Å². The fourth-order valence-corrected chi connectivity index (χ4v) is 2.78. The molecule has 2 aromatic heterocycles. The van der Waals surface area contributed by atoms with E-state index in [1.807, 2.05) is 29.6 Å². The number of anilines is 3. The quantitative estimate of drug-likeness (QED) is 0.562. The van der Waals surface area contributed by atoms with E-state index >= 15 is 0 Å². The third kappa shape index (κ3) is 2.63. The van der Waals surface area contributed by atoms with Gasteiger partial charge in [-0.25, -0.2) is 4.98 Å². The van der Waals surface area contributed by atoms with Gasteiger partial charge in [0.25, 0.3) is 0 Å². The van der Waals surface area contributed by atoms with Crippen LogP contribution in [0.5, 0.6) is 0 Å². The van der Waals surface area contributed by atoms with Crippen LogP contribution in [0.15, 0.2) is 41.8 Å². The van der Waals surface area contributed by atoms with Crippen LogP contribution in [0.1, 0.15) is 0 Å². The minimum absolute atomic E-state index is 0.0561. The summed E-state index contributed by atoms with van der Waals surface area (Å²) in [5.74, 6) is 0.793. The van der Waals surface area contributed by atoms with Crippen molar-refractivity contribution < 1.29 is 4.92 Å². The highest BCUT2D eigenvalue weighted by molar-refractivity contribution is 7.17. The molecular formula is C14H12N4O2S. The molecule has 106 valence electrons. The second-order valence-electron chi connectivity index (χ2n) is 4.37. The summed E-state index contributed by atoms with van der Waals surface area (Å²) in [6, 6.07) is 10.8. The van der Waals surface area contributed by atoms with Gasteiger partial charge >= 0.3 is 5.69 Å². The minimum Gasteiger partial charge on any atom is -0.373 e. The summed E-state index contributed by atoms with van der Waals surface area (Å²) in [5, 5.41) is 20.1. The Kier molecular flexibility index (Phi) is 3.41. The summed E-state index contributed by atoms with van der Waals surface area (Å²) in [7, 11) is 1.72. The first-order chi connectivity index (χ1) is 10.2. The molecule has 7 heteroatoms. The average molecular weight is 300 g/mol. The average Bonchev–Trinajstić information content (AvgIpc) is 2.94. The second-order valence-corrected chi connectivity index (χ2v) is 5.32. The summed E-state index contributed by atoms with van der Waals surface area (Å²) in [5.41, 5.74) is 0.712. The lowest BCUT2D eigenvalue weighted by Crippen LogP contribution is -2.02. The zero-order chi connectivity index (χ0) is 14.8. The molecule has 0 amide bonds. The maximum Gasteiger partial charge on any atom is 0.311 e. The summed E-state index contributed by atoms with van der Waals surface area (Å²) < 4.78 is 1.17. The molecule has 2 N–H and O–H groups in total. The maximum atomic E-state index is 11.1. The van der Waals surface area contributed by atoms with Gasteiger partial charge in [0.1, 0.15) is 5.82 Å². The van der Waals surface area contributed by atoms with Crippen LogP contribution in [0.2, 0.25) is 0 Å². The molecule has 0 aliphatic carbocycles. The fourth-order valence-electron chi connectivity index (χ4n) is 2.01. The van der Waals surface area contributed by atoms with Crippen LogP contribution in [0, 0.1) is 10.1 Å². The van der Waals surface area contributed by atoms with E-state index in [9.17, 15) is 10.1 Å². The van der Waals surface area contributed by atoms with Gasteiger partial charge in [-0.05, 0) is 41.1 Å². The first kappa shape index (κ1) is 13.3. The first-order valence-electron chi connectivity index (χ1n) is 6.25. The number of thiophene rings is 1. The normalized spacial score (nSPS) is 10.5. The van der Waals surface area contributed by atoms with Crippen LogP contribution in [-0.2, 0) is 0 Å². The minimum atomic E-state index is -0.447. The van der Waals surface area contributed by atoms with E-state index in [0.717, 1.165) is 11.1 Å². The van der Waals surface area contributed by atoms with Gasteiger partial charge in [0.15, 0.2) is 0 Å². The highest BCUT2D eigenvalue weighted by Gasteiger charge is 2.16. The van der Waals surface area contributed by atoms with E-state index in [1.165, 1.54) is 10.8 Å². The molecule has 0 aliphatic heterocycles. The Morgan fingerprint density at radius 3 is 2.86 bits per heavy atom. The number of nitrogens with zero attached hydrogens (tertiary/aromatic N) is 2. The molecule has 0 atom stereocenters. The molecular weight excluding hydrogens is 288 g/mol. The lowest BCUT2D eigenvalue weighted by atomic mass is 10.2. The molecule has 0 aliphatic rings. The Balaban J connectivity index is 2.00. The van der Waals surface area contributed by atoms with Crippen molar-refractivity contribution in [3.8, 4) is 0 Å². The van der Waals surface area contributed by atoms with Crippen LogP contribution in [0.25, 0.3) is 10.1 Å². The fraction of sp³-hybridized carbons (Fsp3) is 0.0714. The summed E-state index contributed by atoms with van der Waals surface area (Å²) >= 11 is 1.65. The van der Waals surface area contributed by atoms with Crippen molar-refractivity contribution in [3.05, 3.63) is 51.9 Å². The number of aromatic nitrogens is 1.